The molecule has 2 aliphatic rings. The first kappa shape index (κ1) is 23.7. The van der Waals surface area contributed by atoms with Gasteiger partial charge in [-0.3, -0.25) is 19.4 Å². The Labute approximate surface area is 200 Å². The largest absolute Gasteiger partial charge is 0.371 e. The summed E-state index contributed by atoms with van der Waals surface area (Å²) in [5.41, 5.74) is 3.59. The highest BCUT2D eigenvalue weighted by atomic mass is 16.2. The minimum Gasteiger partial charge on any atom is -0.371 e. The number of carbonyl (C=O) groups excluding carboxylic acids is 3. The van der Waals surface area contributed by atoms with Crippen LogP contribution < -0.4 is 20.4 Å². The van der Waals surface area contributed by atoms with Crippen molar-refractivity contribution in [3.8, 4) is 0 Å². The minimum atomic E-state index is -0.688. The lowest BCUT2D eigenvalue weighted by Crippen LogP contribution is -2.42. The van der Waals surface area contributed by atoms with Gasteiger partial charge in [-0.1, -0.05) is 19.9 Å². The van der Waals surface area contributed by atoms with Crippen molar-refractivity contribution in [1.29, 1.82) is 0 Å². The normalized spacial score (nSPS) is 16.2. The van der Waals surface area contributed by atoms with Crippen molar-refractivity contribution in [3.63, 3.8) is 0 Å². The van der Waals surface area contributed by atoms with Crippen LogP contribution in [0.4, 0.5) is 17.1 Å². The molecule has 3 amide bonds. The van der Waals surface area contributed by atoms with E-state index in [9.17, 15) is 14.4 Å². The molecule has 1 fully saturated rings. The van der Waals surface area contributed by atoms with Gasteiger partial charge in [0.05, 0.1) is 0 Å². The standard InChI is InChI=1S/C26H33N5O3/c1-18(2)26(34)31-13-3-4-20-5-6-21(16-23(20)31)29-25(33)24(32)28-17-19-9-14-30(15-10-19)22-7-11-27-12-8-22/h5-8,11-12,16,18-19H,3-4,9-10,13-15,17H2,1-2H3,(H,28,32)(H,29,33). The van der Waals surface area contributed by atoms with Crippen molar-refractivity contribution in [2.45, 2.75) is 39.5 Å². The van der Waals surface area contributed by atoms with Gasteiger partial charge in [-0.05, 0) is 61.4 Å². The molecule has 0 radical (unpaired) electrons. The lowest BCUT2D eigenvalue weighted by atomic mass is 9.96. The van der Waals surface area contributed by atoms with Gasteiger partial charge < -0.3 is 20.4 Å². The maximum absolute atomic E-state index is 12.6. The SMILES string of the molecule is CC(C)C(=O)N1CCCc2ccc(NC(=O)C(=O)NCC3CCN(c4ccncc4)CC3)cc21. The highest BCUT2D eigenvalue weighted by Gasteiger charge is 2.26. The summed E-state index contributed by atoms with van der Waals surface area (Å²) in [4.78, 5) is 45.7. The fourth-order valence-corrected chi connectivity index (χ4v) is 4.65. The summed E-state index contributed by atoms with van der Waals surface area (Å²) in [6, 6.07) is 9.53. The Bertz CT molecular complexity index is 1030. The first-order chi connectivity index (χ1) is 16.4. The molecule has 1 aromatic heterocycles. The lowest BCUT2D eigenvalue weighted by Gasteiger charge is -2.33. The van der Waals surface area contributed by atoms with Gasteiger partial charge in [0.1, 0.15) is 0 Å². The van der Waals surface area contributed by atoms with Crippen LogP contribution >= 0.6 is 0 Å². The molecule has 0 aliphatic carbocycles. The quantitative estimate of drug-likeness (QED) is 0.665. The summed E-state index contributed by atoms with van der Waals surface area (Å²) >= 11 is 0. The Hall–Kier alpha value is -3.42. The van der Waals surface area contributed by atoms with Gasteiger partial charge in [-0.2, -0.15) is 0 Å². The molecule has 0 bridgehead atoms. The van der Waals surface area contributed by atoms with Gasteiger partial charge in [-0.25, -0.2) is 0 Å². The smallest absolute Gasteiger partial charge is 0.313 e. The molecular weight excluding hydrogens is 430 g/mol. The maximum atomic E-state index is 12.6. The number of benzene rings is 1. The van der Waals surface area contributed by atoms with E-state index in [-0.39, 0.29) is 11.8 Å². The maximum Gasteiger partial charge on any atom is 0.313 e. The number of hydrogen-bond donors (Lipinski definition) is 2. The number of carbonyl (C=O) groups is 3. The molecule has 0 saturated carbocycles. The Morgan fingerprint density at radius 1 is 1.03 bits per heavy atom. The van der Waals surface area contributed by atoms with E-state index in [0.29, 0.717) is 24.7 Å². The number of anilines is 3. The molecule has 4 rings (SSSR count). The molecule has 1 aromatic carbocycles. The second-order valence-corrected chi connectivity index (χ2v) is 9.39. The van der Waals surface area contributed by atoms with Crippen LogP contribution in [-0.4, -0.2) is 48.9 Å². The summed E-state index contributed by atoms with van der Waals surface area (Å²) in [7, 11) is 0. The van der Waals surface area contributed by atoms with Gasteiger partial charge >= 0.3 is 11.8 Å². The Morgan fingerprint density at radius 2 is 1.76 bits per heavy atom. The number of fused-ring (bicyclic) bond motifs is 1. The predicted molar refractivity (Wildman–Crippen MR) is 133 cm³/mol. The van der Waals surface area contributed by atoms with E-state index in [1.54, 1.807) is 29.4 Å². The van der Waals surface area contributed by atoms with Crippen LogP contribution in [0.15, 0.2) is 42.7 Å². The highest BCUT2D eigenvalue weighted by Crippen LogP contribution is 2.31. The molecule has 0 spiro atoms. The molecule has 2 N–H and O–H groups in total. The fraction of sp³-hybridized carbons (Fsp3) is 0.462. The van der Waals surface area contributed by atoms with Gasteiger partial charge in [0.25, 0.3) is 0 Å². The number of aryl methyl sites for hydroxylation is 1. The third-order valence-electron chi connectivity index (χ3n) is 6.62. The van der Waals surface area contributed by atoms with E-state index >= 15 is 0 Å². The van der Waals surface area contributed by atoms with Crippen molar-refractivity contribution in [2.24, 2.45) is 11.8 Å². The molecule has 2 aromatic rings. The fourth-order valence-electron chi connectivity index (χ4n) is 4.65. The Balaban J connectivity index is 1.28. The number of pyridine rings is 1. The van der Waals surface area contributed by atoms with E-state index in [0.717, 1.165) is 55.7 Å². The lowest BCUT2D eigenvalue weighted by molar-refractivity contribution is -0.136. The second-order valence-electron chi connectivity index (χ2n) is 9.39. The average molecular weight is 464 g/mol. The van der Waals surface area contributed by atoms with Gasteiger partial charge in [0, 0.05) is 61.6 Å². The molecule has 0 unspecified atom stereocenters. The third kappa shape index (κ3) is 5.55. The zero-order valence-corrected chi connectivity index (χ0v) is 19.9. The van der Waals surface area contributed by atoms with E-state index < -0.39 is 11.8 Å². The van der Waals surface area contributed by atoms with Crippen LogP contribution in [0, 0.1) is 11.8 Å². The van der Waals surface area contributed by atoms with Crippen molar-refractivity contribution < 1.29 is 14.4 Å². The molecule has 3 heterocycles. The van der Waals surface area contributed by atoms with E-state index in [1.165, 1.54) is 0 Å². The monoisotopic (exact) mass is 463 g/mol. The van der Waals surface area contributed by atoms with Gasteiger partial charge in [0.2, 0.25) is 5.91 Å². The number of aromatic nitrogens is 1. The first-order valence-corrected chi connectivity index (χ1v) is 12.1. The molecule has 2 aliphatic heterocycles. The Morgan fingerprint density at radius 3 is 2.47 bits per heavy atom. The minimum absolute atomic E-state index is 0.0668. The van der Waals surface area contributed by atoms with E-state index in [4.69, 9.17) is 0 Å². The average Bonchev–Trinajstić information content (AvgIpc) is 2.87. The molecule has 1 saturated heterocycles. The zero-order chi connectivity index (χ0) is 24.1. The number of amides is 3. The molecular formula is C26H33N5O3. The molecule has 34 heavy (non-hydrogen) atoms. The topological polar surface area (TPSA) is 94.6 Å². The van der Waals surface area contributed by atoms with E-state index in [1.807, 2.05) is 32.0 Å². The van der Waals surface area contributed by atoms with Gasteiger partial charge in [-0.15, -0.1) is 0 Å². The summed E-state index contributed by atoms with van der Waals surface area (Å²) in [5.74, 6) is -1.02. The summed E-state index contributed by atoms with van der Waals surface area (Å²) in [5, 5.41) is 5.48. The number of rotatable bonds is 5. The molecule has 8 nitrogen and oxygen atoms in total. The first-order valence-electron chi connectivity index (χ1n) is 12.1. The number of nitrogens with one attached hydrogen (secondary N) is 2. The molecule has 8 heteroatoms. The van der Waals surface area contributed by atoms with Crippen molar-refractivity contribution in [2.75, 3.05) is 41.3 Å². The zero-order valence-electron chi connectivity index (χ0n) is 19.9. The van der Waals surface area contributed by atoms with Crippen molar-refractivity contribution in [1.82, 2.24) is 10.3 Å². The third-order valence-corrected chi connectivity index (χ3v) is 6.62. The number of piperidine rings is 1. The van der Waals surface area contributed by atoms with Crippen LogP contribution in [0.25, 0.3) is 0 Å². The summed E-state index contributed by atoms with van der Waals surface area (Å²) in [6.07, 6.45) is 7.31. The number of hydrogen-bond acceptors (Lipinski definition) is 5. The molecule has 0 atom stereocenters. The Kier molecular flexibility index (Phi) is 7.45. The van der Waals surface area contributed by atoms with Crippen LogP contribution in [-0.2, 0) is 20.8 Å². The predicted octanol–water partition coefficient (Wildman–Crippen LogP) is 2.99. The molecule has 180 valence electrons. The van der Waals surface area contributed by atoms with E-state index in [2.05, 4.69) is 20.5 Å². The van der Waals surface area contributed by atoms with Crippen molar-refractivity contribution in [3.05, 3.63) is 48.3 Å². The van der Waals surface area contributed by atoms with Crippen LogP contribution in [0.2, 0.25) is 0 Å². The van der Waals surface area contributed by atoms with Gasteiger partial charge in [0.15, 0.2) is 0 Å². The van der Waals surface area contributed by atoms with Crippen LogP contribution in [0.5, 0.6) is 0 Å². The number of nitrogens with zero attached hydrogens (tertiary/aromatic N) is 3. The summed E-state index contributed by atoms with van der Waals surface area (Å²) < 4.78 is 0. The van der Waals surface area contributed by atoms with Crippen molar-refractivity contribution >= 4 is 34.8 Å². The second kappa shape index (κ2) is 10.7. The summed E-state index contributed by atoms with van der Waals surface area (Å²) in [6.45, 7) is 6.75. The highest BCUT2D eigenvalue weighted by molar-refractivity contribution is 6.39. The van der Waals surface area contributed by atoms with Crippen LogP contribution in [0.3, 0.4) is 0 Å². The van der Waals surface area contributed by atoms with Crippen LogP contribution in [0.1, 0.15) is 38.7 Å².